The van der Waals surface area contributed by atoms with E-state index in [0.29, 0.717) is 17.9 Å². The average molecular weight is 554 g/mol. The molecule has 9 nitrogen and oxygen atoms in total. The molecule has 0 aliphatic rings. The number of amides is 2. The van der Waals surface area contributed by atoms with E-state index in [0.717, 1.165) is 15.4 Å². The molecule has 2 amide bonds. The molecule has 0 saturated carbocycles. The predicted molar refractivity (Wildman–Crippen MR) is 151 cm³/mol. The lowest BCUT2D eigenvalue weighted by Crippen LogP contribution is -2.51. The van der Waals surface area contributed by atoms with Gasteiger partial charge in [-0.1, -0.05) is 48.0 Å². The van der Waals surface area contributed by atoms with Crippen molar-refractivity contribution >= 4 is 27.5 Å². The summed E-state index contributed by atoms with van der Waals surface area (Å²) in [5.74, 6) is -0.236. The van der Waals surface area contributed by atoms with Gasteiger partial charge < -0.3 is 19.7 Å². The van der Waals surface area contributed by atoms with E-state index in [1.807, 2.05) is 37.3 Å². The van der Waals surface area contributed by atoms with E-state index in [9.17, 15) is 18.0 Å². The molecule has 208 valence electrons. The van der Waals surface area contributed by atoms with E-state index in [-0.39, 0.29) is 23.1 Å². The lowest BCUT2D eigenvalue weighted by atomic mass is 10.1. The molecule has 1 N–H and O–H groups in total. The molecule has 3 rings (SSSR count). The predicted octanol–water partition coefficient (Wildman–Crippen LogP) is 3.41. The molecule has 0 unspecified atom stereocenters. The third-order valence-electron chi connectivity index (χ3n) is 6.44. The minimum absolute atomic E-state index is 0.0660. The number of nitrogens with one attached hydrogen (secondary N) is 1. The zero-order valence-corrected chi connectivity index (χ0v) is 23.7. The molecule has 0 aliphatic carbocycles. The highest BCUT2D eigenvalue weighted by atomic mass is 32.2. The monoisotopic (exact) mass is 553 g/mol. The summed E-state index contributed by atoms with van der Waals surface area (Å²) in [5.41, 5.74) is 2.25. The Morgan fingerprint density at radius 1 is 0.923 bits per heavy atom. The van der Waals surface area contributed by atoms with Gasteiger partial charge in [0, 0.05) is 19.7 Å². The van der Waals surface area contributed by atoms with Gasteiger partial charge in [0.15, 0.2) is 11.5 Å². The maximum absolute atomic E-state index is 14.0. The largest absolute Gasteiger partial charge is 0.493 e. The number of likely N-dealkylation sites (N-methyl/N-ethyl adjacent to an activating group) is 1. The molecule has 10 heteroatoms. The molecule has 3 aromatic carbocycles. The second-order valence-corrected chi connectivity index (χ2v) is 10.8. The Kier molecular flexibility index (Phi) is 9.95. The smallest absolute Gasteiger partial charge is 0.264 e. The van der Waals surface area contributed by atoms with Crippen LogP contribution in [0.2, 0.25) is 0 Å². The lowest BCUT2D eigenvalue weighted by molar-refractivity contribution is -0.138. The van der Waals surface area contributed by atoms with Crippen LogP contribution in [-0.2, 0) is 26.0 Å². The van der Waals surface area contributed by atoms with Gasteiger partial charge in [-0.15, -0.1) is 0 Å². The van der Waals surface area contributed by atoms with Crippen LogP contribution in [0.3, 0.4) is 0 Å². The van der Waals surface area contributed by atoms with Crippen LogP contribution in [0.15, 0.2) is 77.7 Å². The van der Waals surface area contributed by atoms with Crippen molar-refractivity contribution in [3.63, 3.8) is 0 Å². The summed E-state index contributed by atoms with van der Waals surface area (Å²) in [7, 11) is 0.153. The summed E-state index contributed by atoms with van der Waals surface area (Å²) in [6.07, 6.45) is 0.501. The van der Waals surface area contributed by atoms with Crippen molar-refractivity contribution in [1.29, 1.82) is 0 Å². The summed E-state index contributed by atoms with van der Waals surface area (Å²) in [4.78, 5) is 27.7. The first kappa shape index (κ1) is 29.5. The van der Waals surface area contributed by atoms with Crippen molar-refractivity contribution < 1.29 is 27.5 Å². The molecule has 0 radical (unpaired) electrons. The van der Waals surface area contributed by atoms with Gasteiger partial charge in [-0.25, -0.2) is 8.42 Å². The van der Waals surface area contributed by atoms with Crippen LogP contribution >= 0.6 is 0 Å². The number of sulfonamides is 1. The van der Waals surface area contributed by atoms with E-state index in [1.165, 1.54) is 44.4 Å². The van der Waals surface area contributed by atoms with Crippen molar-refractivity contribution in [2.75, 3.05) is 38.7 Å². The highest BCUT2D eigenvalue weighted by Crippen LogP contribution is 2.32. The standard InChI is InChI=1S/C29H35N3O6S/c1-21-11-13-24(14-12-21)32(39(35,36)25-15-16-26(37-4)27(19-25)38-5)20-28(33)31(22(2)29(34)30-3)18-17-23-9-7-6-8-10-23/h6-16,19,22H,17-18,20H2,1-5H3,(H,30,34)/t22-/m0/s1. The van der Waals surface area contributed by atoms with Gasteiger partial charge in [0.05, 0.1) is 24.8 Å². The van der Waals surface area contributed by atoms with E-state index < -0.39 is 28.5 Å². The summed E-state index contributed by atoms with van der Waals surface area (Å²) in [6, 6.07) is 19.9. The van der Waals surface area contributed by atoms with E-state index in [2.05, 4.69) is 5.32 Å². The number of anilines is 1. The van der Waals surface area contributed by atoms with Crippen molar-refractivity contribution in [3.8, 4) is 11.5 Å². The Morgan fingerprint density at radius 3 is 2.15 bits per heavy atom. The van der Waals surface area contributed by atoms with Crippen LogP contribution in [0, 0.1) is 6.92 Å². The van der Waals surface area contributed by atoms with Gasteiger partial charge >= 0.3 is 0 Å². The number of carbonyl (C=O) groups is 2. The molecule has 0 aromatic heterocycles. The molecular formula is C29H35N3O6S. The highest BCUT2D eigenvalue weighted by molar-refractivity contribution is 7.92. The maximum Gasteiger partial charge on any atom is 0.264 e. The molecule has 0 aliphatic heterocycles. The first-order chi connectivity index (χ1) is 18.6. The van der Waals surface area contributed by atoms with Crippen LogP contribution in [0.1, 0.15) is 18.1 Å². The van der Waals surface area contributed by atoms with Gasteiger partial charge in [-0.05, 0) is 50.1 Å². The number of carbonyl (C=O) groups excluding carboxylic acids is 2. The van der Waals surface area contributed by atoms with Crippen molar-refractivity contribution in [3.05, 3.63) is 83.9 Å². The van der Waals surface area contributed by atoms with Crippen LogP contribution in [-0.4, -0.2) is 65.5 Å². The number of nitrogens with zero attached hydrogens (tertiary/aromatic N) is 2. The van der Waals surface area contributed by atoms with Gasteiger partial charge in [0.25, 0.3) is 10.0 Å². The molecular weight excluding hydrogens is 518 g/mol. The molecule has 39 heavy (non-hydrogen) atoms. The van der Waals surface area contributed by atoms with E-state index in [1.54, 1.807) is 31.2 Å². The average Bonchev–Trinajstić information content (AvgIpc) is 2.96. The summed E-state index contributed by atoms with van der Waals surface area (Å²) < 4.78 is 39.5. The van der Waals surface area contributed by atoms with Crippen molar-refractivity contribution in [2.45, 2.75) is 31.2 Å². The van der Waals surface area contributed by atoms with E-state index in [4.69, 9.17) is 9.47 Å². The Balaban J connectivity index is 2.01. The summed E-state index contributed by atoms with van der Waals surface area (Å²) >= 11 is 0. The van der Waals surface area contributed by atoms with E-state index >= 15 is 0 Å². The second-order valence-electron chi connectivity index (χ2n) is 8.98. The van der Waals surface area contributed by atoms with Crippen molar-refractivity contribution in [1.82, 2.24) is 10.2 Å². The SMILES string of the molecule is CNC(=O)[C@H](C)N(CCc1ccccc1)C(=O)CN(c1ccc(C)cc1)S(=O)(=O)c1ccc(OC)c(OC)c1. The fourth-order valence-electron chi connectivity index (χ4n) is 4.12. The van der Waals surface area contributed by atoms with Crippen LogP contribution in [0.4, 0.5) is 5.69 Å². The third-order valence-corrected chi connectivity index (χ3v) is 8.21. The molecule has 3 aromatic rings. The topological polar surface area (TPSA) is 105 Å². The number of benzene rings is 3. The molecule has 0 saturated heterocycles. The first-order valence-electron chi connectivity index (χ1n) is 12.5. The van der Waals surface area contributed by atoms with Crippen LogP contribution < -0.4 is 19.1 Å². The third kappa shape index (κ3) is 7.08. The Morgan fingerprint density at radius 2 is 1.56 bits per heavy atom. The Labute approximate surface area is 230 Å². The number of hydrogen-bond acceptors (Lipinski definition) is 6. The zero-order valence-electron chi connectivity index (χ0n) is 22.9. The lowest BCUT2D eigenvalue weighted by Gasteiger charge is -2.31. The Bertz CT molecular complexity index is 1380. The second kappa shape index (κ2) is 13.1. The number of aryl methyl sites for hydroxylation is 1. The molecule has 0 heterocycles. The molecule has 0 spiro atoms. The minimum Gasteiger partial charge on any atom is -0.493 e. The summed E-state index contributed by atoms with van der Waals surface area (Å²) in [5, 5.41) is 2.58. The number of methoxy groups -OCH3 is 2. The normalized spacial score (nSPS) is 11.8. The number of rotatable bonds is 12. The van der Waals surface area contributed by atoms with Crippen LogP contribution in [0.5, 0.6) is 11.5 Å². The summed E-state index contributed by atoms with van der Waals surface area (Å²) in [6.45, 7) is 3.24. The van der Waals surface area contributed by atoms with Gasteiger partial charge in [0.2, 0.25) is 11.8 Å². The zero-order chi connectivity index (χ0) is 28.6. The molecule has 0 bridgehead atoms. The molecule has 1 atom stereocenters. The van der Waals surface area contributed by atoms with Crippen LogP contribution in [0.25, 0.3) is 0 Å². The quantitative estimate of drug-likeness (QED) is 0.369. The minimum atomic E-state index is -4.22. The van der Waals surface area contributed by atoms with Crippen molar-refractivity contribution in [2.24, 2.45) is 0 Å². The fourth-order valence-corrected chi connectivity index (χ4v) is 5.55. The van der Waals surface area contributed by atoms with Gasteiger partial charge in [-0.2, -0.15) is 0 Å². The highest BCUT2D eigenvalue weighted by Gasteiger charge is 2.32. The Hall–Kier alpha value is -4.05. The van der Waals surface area contributed by atoms with Gasteiger partial charge in [0.1, 0.15) is 12.6 Å². The first-order valence-corrected chi connectivity index (χ1v) is 13.9. The number of hydrogen-bond donors (Lipinski definition) is 1. The molecule has 0 fully saturated rings. The fraction of sp³-hybridized carbons (Fsp3) is 0.310. The number of ether oxygens (including phenoxy) is 2. The van der Waals surface area contributed by atoms with Gasteiger partial charge in [-0.3, -0.25) is 13.9 Å². The maximum atomic E-state index is 14.0.